The van der Waals surface area contributed by atoms with Crippen LogP contribution in [0.15, 0.2) is 27.7 Å². The van der Waals surface area contributed by atoms with Crippen molar-refractivity contribution in [2.75, 3.05) is 13.1 Å². The van der Waals surface area contributed by atoms with Gasteiger partial charge in [-0.05, 0) is 19.1 Å². The summed E-state index contributed by atoms with van der Waals surface area (Å²) in [7, 11) is 0. The Labute approximate surface area is 180 Å². The smallest absolute Gasteiger partial charge is 0.216 e. The van der Waals surface area contributed by atoms with Crippen molar-refractivity contribution in [3.63, 3.8) is 0 Å². The number of aliphatic hydroxyl groups excluding tert-OH is 1. The zero-order valence-corrected chi connectivity index (χ0v) is 19.3. The molecule has 0 aliphatic heterocycles. The molecule has 0 amide bonds. The number of hydrogen-bond donors (Lipinski definition) is 3. The fourth-order valence-electron chi connectivity index (χ4n) is 2.02. The first-order valence-electron chi connectivity index (χ1n) is 8.20. The monoisotopic (exact) mass is 512 g/mol. The van der Waals surface area contributed by atoms with E-state index in [1.165, 1.54) is 11.3 Å². The second kappa shape index (κ2) is 10.5. The van der Waals surface area contributed by atoms with Crippen LogP contribution in [0.4, 0.5) is 0 Å². The zero-order valence-electron chi connectivity index (χ0n) is 15.4. The second-order valence-electron chi connectivity index (χ2n) is 6.60. The average molecular weight is 513 g/mol. The van der Waals surface area contributed by atoms with Gasteiger partial charge in [0.05, 0.1) is 10.5 Å². The Bertz CT molecular complexity index is 712. The van der Waals surface area contributed by atoms with Gasteiger partial charge in [-0.15, -0.1) is 35.3 Å². The van der Waals surface area contributed by atoms with E-state index in [9.17, 15) is 5.11 Å². The van der Waals surface area contributed by atoms with Crippen LogP contribution < -0.4 is 10.6 Å². The number of guanidine groups is 1. The lowest BCUT2D eigenvalue weighted by molar-refractivity contribution is 0.184. The highest BCUT2D eigenvalue weighted by Crippen LogP contribution is 2.26. The third kappa shape index (κ3) is 7.05. The number of aliphatic hydroxyl groups is 1. The molecule has 0 radical (unpaired) electrons. The number of halogens is 2. The normalized spacial score (nSPS) is 13.2. The molecule has 2 heterocycles. The molecular formula is C17H26ClIN4O2S. The summed E-state index contributed by atoms with van der Waals surface area (Å²) in [4.78, 5) is 9.54. The maximum atomic E-state index is 10.2. The van der Waals surface area contributed by atoms with Gasteiger partial charge in [0, 0.05) is 23.4 Å². The first-order valence-corrected chi connectivity index (χ1v) is 9.39. The highest BCUT2D eigenvalue weighted by atomic mass is 127. The molecule has 9 heteroatoms. The van der Waals surface area contributed by atoms with Crippen LogP contribution in [0.3, 0.4) is 0 Å². The maximum Gasteiger partial charge on any atom is 0.216 e. The molecule has 3 N–H and O–H groups in total. The van der Waals surface area contributed by atoms with Crippen LogP contribution in [-0.4, -0.2) is 29.1 Å². The fourth-order valence-corrected chi connectivity index (χ4v) is 3.07. The van der Waals surface area contributed by atoms with E-state index in [0.717, 1.165) is 10.6 Å². The molecule has 2 rings (SSSR count). The van der Waals surface area contributed by atoms with Gasteiger partial charge in [0.25, 0.3) is 0 Å². The number of aliphatic imine (C=N–C) groups is 1. The summed E-state index contributed by atoms with van der Waals surface area (Å²) >= 11 is 7.27. The number of nitrogens with zero attached hydrogens (tertiary/aromatic N) is 2. The Morgan fingerprint density at radius 1 is 1.38 bits per heavy atom. The quantitative estimate of drug-likeness (QED) is 0.308. The molecule has 0 spiro atoms. The summed E-state index contributed by atoms with van der Waals surface area (Å²) in [5.41, 5.74) is -0.0796. The fraction of sp³-hybridized carbons (Fsp3) is 0.529. The van der Waals surface area contributed by atoms with Crippen molar-refractivity contribution in [2.45, 2.75) is 45.8 Å². The largest absolute Gasteiger partial charge is 0.443 e. The number of nitrogens with one attached hydrogen (secondary N) is 2. The third-order valence-corrected chi connectivity index (χ3v) is 4.73. The molecule has 0 fully saturated rings. The van der Waals surface area contributed by atoms with Gasteiger partial charge in [-0.25, -0.2) is 9.98 Å². The molecule has 1 atom stereocenters. The van der Waals surface area contributed by atoms with Crippen LogP contribution >= 0.6 is 46.9 Å². The minimum atomic E-state index is -0.643. The van der Waals surface area contributed by atoms with E-state index in [0.29, 0.717) is 35.8 Å². The lowest BCUT2D eigenvalue weighted by Gasteiger charge is -2.14. The number of hydrogen-bond acceptors (Lipinski definition) is 5. The van der Waals surface area contributed by atoms with Gasteiger partial charge >= 0.3 is 0 Å². The summed E-state index contributed by atoms with van der Waals surface area (Å²) in [6.45, 7) is 9.58. The predicted octanol–water partition coefficient (Wildman–Crippen LogP) is 4.09. The predicted molar refractivity (Wildman–Crippen MR) is 118 cm³/mol. The van der Waals surface area contributed by atoms with E-state index >= 15 is 0 Å². The van der Waals surface area contributed by atoms with Crippen LogP contribution in [0.25, 0.3) is 0 Å². The topological polar surface area (TPSA) is 82.7 Å². The molecule has 0 saturated heterocycles. The number of thiophene rings is 1. The molecule has 2 aromatic heterocycles. The van der Waals surface area contributed by atoms with E-state index in [4.69, 9.17) is 16.0 Å². The van der Waals surface area contributed by atoms with Crippen LogP contribution in [0.2, 0.25) is 4.34 Å². The van der Waals surface area contributed by atoms with Crippen LogP contribution in [-0.2, 0) is 12.0 Å². The van der Waals surface area contributed by atoms with Crippen molar-refractivity contribution in [1.82, 2.24) is 15.6 Å². The molecule has 0 aromatic carbocycles. The summed E-state index contributed by atoms with van der Waals surface area (Å²) in [5, 5.41) is 16.5. The van der Waals surface area contributed by atoms with Gasteiger partial charge in [-0.2, -0.15) is 0 Å². The molecule has 0 saturated carbocycles. The Hall–Kier alpha value is -0.840. The average Bonchev–Trinajstić information content (AvgIpc) is 3.18. The molecule has 0 aliphatic rings. The van der Waals surface area contributed by atoms with Gasteiger partial charge in [0.15, 0.2) is 5.96 Å². The van der Waals surface area contributed by atoms with Gasteiger partial charge in [0.1, 0.15) is 18.4 Å². The SMILES string of the molecule is CCNC(=NCc1ncc(C(C)(C)C)o1)NCC(O)c1ccc(Cl)s1.I. The van der Waals surface area contributed by atoms with E-state index in [2.05, 4.69) is 41.4 Å². The van der Waals surface area contributed by atoms with E-state index in [1.807, 2.05) is 13.0 Å². The highest BCUT2D eigenvalue weighted by molar-refractivity contribution is 14.0. The Morgan fingerprint density at radius 3 is 2.65 bits per heavy atom. The molecule has 0 bridgehead atoms. The molecule has 26 heavy (non-hydrogen) atoms. The molecule has 2 aromatic rings. The second-order valence-corrected chi connectivity index (χ2v) is 8.35. The molecule has 1 unspecified atom stereocenters. The molecule has 146 valence electrons. The van der Waals surface area contributed by atoms with Crippen molar-refractivity contribution in [1.29, 1.82) is 0 Å². The first kappa shape index (κ1) is 23.2. The zero-order chi connectivity index (χ0) is 18.4. The number of aromatic nitrogens is 1. The Kier molecular flexibility index (Phi) is 9.35. The van der Waals surface area contributed by atoms with Gasteiger partial charge < -0.3 is 20.2 Å². The molecule has 0 aliphatic carbocycles. The summed E-state index contributed by atoms with van der Waals surface area (Å²) in [6.07, 6.45) is 1.10. The minimum Gasteiger partial charge on any atom is -0.443 e. The third-order valence-electron chi connectivity index (χ3n) is 3.39. The summed E-state index contributed by atoms with van der Waals surface area (Å²) in [5.74, 6) is 1.99. The van der Waals surface area contributed by atoms with Gasteiger partial charge in [-0.1, -0.05) is 32.4 Å². The van der Waals surface area contributed by atoms with Gasteiger partial charge in [0.2, 0.25) is 5.89 Å². The van der Waals surface area contributed by atoms with E-state index in [-0.39, 0.29) is 29.4 Å². The van der Waals surface area contributed by atoms with E-state index < -0.39 is 6.10 Å². The summed E-state index contributed by atoms with van der Waals surface area (Å²) in [6, 6.07) is 3.60. The van der Waals surface area contributed by atoms with Crippen molar-refractivity contribution in [3.05, 3.63) is 39.2 Å². The number of rotatable bonds is 6. The molecule has 6 nitrogen and oxygen atoms in total. The number of oxazole rings is 1. The van der Waals surface area contributed by atoms with Gasteiger partial charge in [-0.3, -0.25) is 0 Å². The van der Waals surface area contributed by atoms with Crippen LogP contribution in [0.1, 0.15) is 50.3 Å². The van der Waals surface area contributed by atoms with Crippen LogP contribution in [0.5, 0.6) is 0 Å². The van der Waals surface area contributed by atoms with Crippen molar-refractivity contribution in [2.24, 2.45) is 4.99 Å². The van der Waals surface area contributed by atoms with Crippen molar-refractivity contribution < 1.29 is 9.52 Å². The van der Waals surface area contributed by atoms with E-state index in [1.54, 1.807) is 12.3 Å². The highest BCUT2D eigenvalue weighted by Gasteiger charge is 2.19. The first-order chi connectivity index (χ1) is 11.8. The minimum absolute atomic E-state index is 0. The van der Waals surface area contributed by atoms with Crippen LogP contribution in [0, 0.1) is 0 Å². The molecular weight excluding hydrogens is 487 g/mol. The Morgan fingerprint density at radius 2 is 2.12 bits per heavy atom. The Balaban J connectivity index is 0.00000338. The maximum absolute atomic E-state index is 10.2. The van der Waals surface area contributed by atoms with Crippen molar-refractivity contribution in [3.8, 4) is 0 Å². The lowest BCUT2D eigenvalue weighted by atomic mass is 9.94. The summed E-state index contributed by atoms with van der Waals surface area (Å²) < 4.78 is 6.40. The van der Waals surface area contributed by atoms with Crippen molar-refractivity contribution >= 4 is 52.9 Å². The standard InChI is InChI=1S/C17H25ClN4O2S.HI/c1-5-19-16(21-8-11(23)12-6-7-14(18)25-12)22-10-15-20-9-13(24-15)17(2,3)4;/h6-7,9,11,23H,5,8,10H2,1-4H3,(H2,19,21,22);1H. The lowest BCUT2D eigenvalue weighted by Crippen LogP contribution is -2.39.